The second-order valence-corrected chi connectivity index (χ2v) is 5.58. The number of quaternary nitrogens is 1. The van der Waals surface area contributed by atoms with E-state index in [0.717, 1.165) is 23.1 Å². The Morgan fingerprint density at radius 3 is 2.59 bits per heavy atom. The van der Waals surface area contributed by atoms with Crippen LogP contribution in [0.4, 0.5) is 18.9 Å². The first-order valence-electron chi connectivity index (χ1n) is 6.89. The fraction of sp³-hybridized carbons (Fsp3) is 0.500. The van der Waals surface area contributed by atoms with Gasteiger partial charge in [0.05, 0.1) is 29.5 Å². The molecule has 2 N–H and O–H groups in total. The van der Waals surface area contributed by atoms with E-state index in [0.29, 0.717) is 26.3 Å². The van der Waals surface area contributed by atoms with Crippen LogP contribution in [0, 0.1) is 0 Å². The predicted octanol–water partition coefficient (Wildman–Crippen LogP) is 1.60. The lowest BCUT2D eigenvalue weighted by atomic mass is 10.1. The van der Waals surface area contributed by atoms with Gasteiger partial charge in [-0.1, -0.05) is 11.6 Å². The van der Waals surface area contributed by atoms with E-state index < -0.39 is 17.8 Å². The molecule has 22 heavy (non-hydrogen) atoms. The topological polar surface area (TPSA) is 42.8 Å². The van der Waals surface area contributed by atoms with Crippen LogP contribution in [0.15, 0.2) is 18.2 Å². The number of morpholine rings is 1. The van der Waals surface area contributed by atoms with Gasteiger partial charge in [-0.25, -0.2) is 0 Å². The minimum Gasteiger partial charge on any atom is -0.370 e. The van der Waals surface area contributed by atoms with E-state index in [1.54, 1.807) is 6.92 Å². The van der Waals surface area contributed by atoms with Crippen molar-refractivity contribution in [3.63, 3.8) is 0 Å². The van der Waals surface area contributed by atoms with Crippen molar-refractivity contribution in [3.05, 3.63) is 28.8 Å². The van der Waals surface area contributed by atoms with Gasteiger partial charge in [0.25, 0.3) is 5.91 Å². The molecule has 1 aromatic carbocycles. The number of halogens is 4. The van der Waals surface area contributed by atoms with E-state index in [9.17, 15) is 18.0 Å². The first-order chi connectivity index (χ1) is 10.3. The van der Waals surface area contributed by atoms with Crippen LogP contribution in [0.3, 0.4) is 0 Å². The Labute approximate surface area is 131 Å². The standard InChI is InChI=1S/C14H16ClF3N2O2/c1-9(20-4-6-22-7-5-20)13(21)19-12-8-10(14(16,17)18)2-3-11(12)15/h2-3,8-9H,4-7H2,1H3,(H,19,21)/p+1/t9-/m1/s1. The summed E-state index contributed by atoms with van der Waals surface area (Å²) in [5.41, 5.74) is -0.875. The van der Waals surface area contributed by atoms with Gasteiger partial charge < -0.3 is 15.0 Å². The summed E-state index contributed by atoms with van der Waals surface area (Å²) in [5, 5.41) is 2.56. The summed E-state index contributed by atoms with van der Waals surface area (Å²) < 4.78 is 43.4. The molecule has 8 heteroatoms. The third-order valence-corrected chi connectivity index (χ3v) is 4.02. The van der Waals surface area contributed by atoms with Gasteiger partial charge in [-0.15, -0.1) is 0 Å². The fourth-order valence-electron chi connectivity index (χ4n) is 2.29. The molecule has 1 aromatic rings. The molecule has 1 aliphatic heterocycles. The summed E-state index contributed by atoms with van der Waals surface area (Å²) in [6.07, 6.45) is -4.48. The average molecular weight is 338 g/mol. The summed E-state index contributed by atoms with van der Waals surface area (Å²) >= 11 is 5.87. The Balaban J connectivity index is 2.10. The maximum absolute atomic E-state index is 12.7. The van der Waals surface area contributed by atoms with Crippen molar-refractivity contribution >= 4 is 23.2 Å². The molecule has 1 aliphatic rings. The highest BCUT2D eigenvalue weighted by molar-refractivity contribution is 6.33. The Hall–Kier alpha value is -1.31. The molecule has 0 spiro atoms. The van der Waals surface area contributed by atoms with Gasteiger partial charge in [0, 0.05) is 0 Å². The molecule has 0 aromatic heterocycles. The third-order valence-electron chi connectivity index (χ3n) is 3.69. The number of benzene rings is 1. The molecule has 1 fully saturated rings. The molecule has 1 amide bonds. The molecular formula is C14H17ClF3N2O2+. The highest BCUT2D eigenvalue weighted by Crippen LogP contribution is 2.33. The van der Waals surface area contributed by atoms with Crippen LogP contribution in [0.1, 0.15) is 12.5 Å². The molecule has 1 atom stereocenters. The quantitative estimate of drug-likeness (QED) is 0.880. The maximum atomic E-state index is 12.7. The average Bonchev–Trinajstić information content (AvgIpc) is 2.48. The summed E-state index contributed by atoms with van der Waals surface area (Å²) in [7, 11) is 0. The van der Waals surface area contributed by atoms with Crippen molar-refractivity contribution in [2.24, 2.45) is 0 Å². The number of hydrogen-bond acceptors (Lipinski definition) is 2. The molecule has 4 nitrogen and oxygen atoms in total. The third kappa shape index (κ3) is 4.12. The number of carbonyl (C=O) groups is 1. The smallest absolute Gasteiger partial charge is 0.370 e. The number of amides is 1. The highest BCUT2D eigenvalue weighted by Gasteiger charge is 2.32. The Kier molecular flexibility index (Phi) is 5.31. The Morgan fingerprint density at radius 1 is 1.36 bits per heavy atom. The van der Waals surface area contributed by atoms with E-state index >= 15 is 0 Å². The lowest BCUT2D eigenvalue weighted by molar-refractivity contribution is -0.921. The lowest BCUT2D eigenvalue weighted by Crippen LogP contribution is -3.18. The molecule has 122 valence electrons. The van der Waals surface area contributed by atoms with Gasteiger partial charge in [0.15, 0.2) is 6.04 Å². The zero-order valence-electron chi connectivity index (χ0n) is 12.0. The molecule has 0 bridgehead atoms. The van der Waals surface area contributed by atoms with Gasteiger partial charge in [0.1, 0.15) is 13.1 Å². The van der Waals surface area contributed by atoms with Crippen molar-refractivity contribution in [2.45, 2.75) is 19.1 Å². The SMILES string of the molecule is C[C@H](C(=O)Nc1cc(C(F)(F)F)ccc1Cl)[NH+]1CCOCC1. The molecule has 0 aliphatic carbocycles. The minimum absolute atomic E-state index is 0.0269. The number of nitrogens with one attached hydrogen (secondary N) is 2. The van der Waals surface area contributed by atoms with Crippen molar-refractivity contribution in [3.8, 4) is 0 Å². The normalized spacial score (nSPS) is 18.0. The van der Waals surface area contributed by atoms with Crippen LogP contribution in [-0.2, 0) is 15.7 Å². The minimum atomic E-state index is -4.48. The molecule has 0 saturated carbocycles. The molecular weight excluding hydrogens is 321 g/mol. The van der Waals surface area contributed by atoms with Crippen molar-refractivity contribution < 1.29 is 27.6 Å². The Bertz CT molecular complexity index is 545. The first-order valence-corrected chi connectivity index (χ1v) is 7.27. The molecule has 0 radical (unpaired) electrons. The summed E-state index contributed by atoms with van der Waals surface area (Å²) in [6.45, 7) is 4.24. The number of ether oxygens (including phenoxy) is 1. The maximum Gasteiger partial charge on any atom is 0.416 e. The van der Waals surface area contributed by atoms with Gasteiger partial charge in [-0.3, -0.25) is 4.79 Å². The zero-order valence-corrected chi connectivity index (χ0v) is 12.7. The molecule has 2 rings (SSSR count). The van der Waals surface area contributed by atoms with Crippen LogP contribution in [-0.4, -0.2) is 38.3 Å². The number of hydrogen-bond donors (Lipinski definition) is 2. The number of anilines is 1. The lowest BCUT2D eigenvalue weighted by Gasteiger charge is -2.28. The van der Waals surface area contributed by atoms with Crippen LogP contribution >= 0.6 is 11.6 Å². The fourth-order valence-corrected chi connectivity index (χ4v) is 2.46. The highest BCUT2D eigenvalue weighted by atomic mass is 35.5. The Morgan fingerprint density at radius 2 is 2.00 bits per heavy atom. The van der Waals surface area contributed by atoms with Crippen LogP contribution in [0.2, 0.25) is 5.02 Å². The predicted molar refractivity (Wildman–Crippen MR) is 76.1 cm³/mol. The van der Waals surface area contributed by atoms with Gasteiger partial charge in [-0.05, 0) is 25.1 Å². The van der Waals surface area contributed by atoms with E-state index in [-0.39, 0.29) is 16.6 Å². The summed E-state index contributed by atoms with van der Waals surface area (Å²) in [4.78, 5) is 13.2. The van der Waals surface area contributed by atoms with E-state index in [1.165, 1.54) is 0 Å². The second-order valence-electron chi connectivity index (χ2n) is 5.17. The van der Waals surface area contributed by atoms with Crippen LogP contribution in [0.5, 0.6) is 0 Å². The van der Waals surface area contributed by atoms with Crippen LogP contribution < -0.4 is 10.2 Å². The summed E-state index contributed by atoms with van der Waals surface area (Å²) in [5.74, 6) is -0.363. The number of rotatable bonds is 3. The molecule has 1 heterocycles. The van der Waals surface area contributed by atoms with Gasteiger partial charge >= 0.3 is 6.18 Å². The van der Waals surface area contributed by atoms with E-state index in [2.05, 4.69) is 5.32 Å². The van der Waals surface area contributed by atoms with Crippen LogP contribution in [0.25, 0.3) is 0 Å². The monoisotopic (exact) mass is 337 g/mol. The number of carbonyl (C=O) groups excluding carboxylic acids is 1. The largest absolute Gasteiger partial charge is 0.416 e. The van der Waals surface area contributed by atoms with E-state index in [1.807, 2.05) is 0 Å². The zero-order chi connectivity index (χ0) is 16.3. The number of alkyl halides is 3. The van der Waals surface area contributed by atoms with Gasteiger partial charge in [-0.2, -0.15) is 13.2 Å². The van der Waals surface area contributed by atoms with Gasteiger partial charge in [0.2, 0.25) is 0 Å². The molecule has 1 saturated heterocycles. The van der Waals surface area contributed by atoms with Crippen molar-refractivity contribution in [2.75, 3.05) is 31.6 Å². The van der Waals surface area contributed by atoms with Crippen molar-refractivity contribution in [1.82, 2.24) is 0 Å². The summed E-state index contributed by atoms with van der Waals surface area (Å²) in [6, 6.07) is 2.47. The van der Waals surface area contributed by atoms with Crippen molar-refractivity contribution in [1.29, 1.82) is 0 Å². The van der Waals surface area contributed by atoms with E-state index in [4.69, 9.17) is 16.3 Å². The first kappa shape index (κ1) is 17.1. The second kappa shape index (κ2) is 6.85. The molecule has 0 unspecified atom stereocenters.